The first kappa shape index (κ1) is 32.0. The highest BCUT2D eigenvalue weighted by atomic mass is 16.2. The molecule has 3 nitrogen and oxygen atoms in total. The Labute approximate surface area is 276 Å². The number of nitrogens with zero attached hydrogens (tertiary/aromatic N) is 2. The molecule has 0 bridgehead atoms. The number of allylic oxidation sites excluding steroid dienone is 2. The summed E-state index contributed by atoms with van der Waals surface area (Å²) < 4.78 is 0. The van der Waals surface area contributed by atoms with Gasteiger partial charge in [0.2, 0.25) is 5.91 Å². The summed E-state index contributed by atoms with van der Waals surface area (Å²) in [5.41, 5.74) is 5.29. The standard InChI is InChI=1S/C42H64N2O/c1-8-43(9-2)28-31-12-11-27-44(31)38(45)42-23-10-13-35(42)32-18-19-37-40(6,34(32)21-26-42)25-22-36-39(4,5)33(20-24-41(36,37)7)30-16-14-29(3)15-17-30/h14-17,20,31-32,34-37H,8-13,18-19,21-28H2,1-7H3. The molecule has 1 saturated heterocycles. The Hall–Kier alpha value is -1.61. The van der Waals surface area contributed by atoms with Gasteiger partial charge in [0.1, 0.15) is 0 Å². The maximum Gasteiger partial charge on any atom is 0.229 e. The number of hydrogen-bond acceptors (Lipinski definition) is 2. The smallest absolute Gasteiger partial charge is 0.229 e. The van der Waals surface area contributed by atoms with Gasteiger partial charge in [0.25, 0.3) is 0 Å². The fourth-order valence-corrected chi connectivity index (χ4v) is 13.8. The number of carbonyl (C=O) groups excluding carboxylic acids is 1. The van der Waals surface area contributed by atoms with Crippen LogP contribution in [0.15, 0.2) is 30.3 Å². The average Bonchev–Trinajstić information content (AvgIpc) is 3.67. The van der Waals surface area contributed by atoms with E-state index in [4.69, 9.17) is 0 Å². The normalized spacial score (nSPS) is 42.0. The molecule has 1 heterocycles. The fraction of sp³-hybridized carbons (Fsp3) is 0.786. The van der Waals surface area contributed by atoms with E-state index in [1.807, 2.05) is 0 Å². The van der Waals surface area contributed by atoms with Gasteiger partial charge < -0.3 is 9.80 Å². The molecule has 5 aliphatic carbocycles. The van der Waals surface area contributed by atoms with Crippen molar-refractivity contribution in [3.63, 3.8) is 0 Å². The van der Waals surface area contributed by atoms with E-state index in [1.165, 1.54) is 75.3 Å². The summed E-state index contributed by atoms with van der Waals surface area (Å²) in [6, 6.07) is 9.77. The molecule has 45 heavy (non-hydrogen) atoms. The lowest BCUT2D eigenvalue weighted by atomic mass is 9.36. The van der Waals surface area contributed by atoms with Gasteiger partial charge >= 0.3 is 0 Å². The largest absolute Gasteiger partial charge is 0.338 e. The number of carbonyl (C=O) groups is 1. The van der Waals surface area contributed by atoms with Gasteiger partial charge in [-0.3, -0.25) is 4.79 Å². The van der Waals surface area contributed by atoms with Crippen LogP contribution in [-0.2, 0) is 4.79 Å². The molecule has 7 rings (SSSR count). The van der Waals surface area contributed by atoms with Gasteiger partial charge in [-0.2, -0.15) is 0 Å². The van der Waals surface area contributed by atoms with E-state index in [9.17, 15) is 4.79 Å². The van der Waals surface area contributed by atoms with Crippen molar-refractivity contribution >= 4 is 11.5 Å². The zero-order valence-electron chi connectivity index (χ0n) is 30.0. The summed E-state index contributed by atoms with van der Waals surface area (Å²) >= 11 is 0. The maximum atomic E-state index is 14.8. The molecule has 5 fully saturated rings. The van der Waals surface area contributed by atoms with Crippen LogP contribution in [0.4, 0.5) is 0 Å². The predicted octanol–water partition coefficient (Wildman–Crippen LogP) is 9.79. The van der Waals surface area contributed by atoms with Crippen molar-refractivity contribution in [2.75, 3.05) is 26.2 Å². The van der Waals surface area contributed by atoms with Gasteiger partial charge in [-0.1, -0.05) is 83.9 Å². The van der Waals surface area contributed by atoms with Crippen LogP contribution in [0, 0.1) is 58.2 Å². The number of likely N-dealkylation sites (tertiary alicyclic amines) is 1. The van der Waals surface area contributed by atoms with Gasteiger partial charge in [0, 0.05) is 19.1 Å². The van der Waals surface area contributed by atoms with Gasteiger partial charge in [0.15, 0.2) is 0 Å². The number of fused-ring (bicyclic) bond motifs is 7. The number of rotatable bonds is 6. The van der Waals surface area contributed by atoms with Gasteiger partial charge in [-0.25, -0.2) is 0 Å². The minimum atomic E-state index is -0.0597. The Morgan fingerprint density at radius 2 is 1.58 bits per heavy atom. The first-order valence-electron chi connectivity index (χ1n) is 19.3. The van der Waals surface area contributed by atoms with Crippen LogP contribution >= 0.6 is 0 Å². The van der Waals surface area contributed by atoms with E-state index in [0.29, 0.717) is 28.7 Å². The molecule has 6 aliphatic rings. The molecule has 1 aromatic rings. The predicted molar refractivity (Wildman–Crippen MR) is 188 cm³/mol. The molecule has 0 N–H and O–H groups in total. The lowest BCUT2D eigenvalue weighted by molar-refractivity contribution is -0.185. The van der Waals surface area contributed by atoms with Gasteiger partial charge in [-0.15, -0.1) is 0 Å². The fourth-order valence-electron chi connectivity index (χ4n) is 13.8. The van der Waals surface area contributed by atoms with Crippen molar-refractivity contribution in [2.45, 2.75) is 132 Å². The van der Waals surface area contributed by atoms with Crippen molar-refractivity contribution in [3.05, 3.63) is 41.5 Å². The molecule has 0 aromatic heterocycles. The second-order valence-corrected chi connectivity index (χ2v) is 17.9. The van der Waals surface area contributed by atoms with E-state index >= 15 is 0 Å². The van der Waals surface area contributed by atoms with Crippen molar-refractivity contribution < 1.29 is 4.79 Å². The lowest BCUT2D eigenvalue weighted by Gasteiger charge is -2.68. The van der Waals surface area contributed by atoms with Crippen molar-refractivity contribution in [2.24, 2.45) is 51.2 Å². The summed E-state index contributed by atoms with van der Waals surface area (Å²) in [6.07, 6.45) is 18.0. The van der Waals surface area contributed by atoms with Gasteiger partial charge in [0.05, 0.1) is 5.41 Å². The minimum Gasteiger partial charge on any atom is -0.338 e. The molecular weight excluding hydrogens is 548 g/mol. The molecule has 0 spiro atoms. The van der Waals surface area contributed by atoms with Crippen molar-refractivity contribution in [1.82, 2.24) is 9.80 Å². The average molecular weight is 613 g/mol. The number of likely N-dealkylation sites (N-methyl/N-ethyl adjacent to an activating group) is 1. The maximum absolute atomic E-state index is 14.8. The van der Waals surface area contributed by atoms with E-state index in [2.05, 4.69) is 88.6 Å². The second kappa shape index (κ2) is 11.5. The summed E-state index contributed by atoms with van der Waals surface area (Å²) in [5, 5.41) is 0. The van der Waals surface area contributed by atoms with Crippen LogP contribution in [0.2, 0.25) is 0 Å². The summed E-state index contributed by atoms with van der Waals surface area (Å²) in [7, 11) is 0. The molecule has 248 valence electrons. The quantitative estimate of drug-likeness (QED) is 0.319. The Morgan fingerprint density at radius 1 is 0.822 bits per heavy atom. The van der Waals surface area contributed by atoms with Crippen LogP contribution in [0.5, 0.6) is 0 Å². The van der Waals surface area contributed by atoms with E-state index in [1.54, 1.807) is 5.57 Å². The molecule has 1 aliphatic heterocycles. The Morgan fingerprint density at radius 3 is 2.31 bits per heavy atom. The number of amides is 1. The molecule has 1 aromatic carbocycles. The Kier molecular flexibility index (Phi) is 8.18. The van der Waals surface area contributed by atoms with Crippen LogP contribution in [-0.4, -0.2) is 47.9 Å². The third-order valence-corrected chi connectivity index (χ3v) is 15.9. The van der Waals surface area contributed by atoms with Crippen LogP contribution in [0.3, 0.4) is 0 Å². The molecular formula is C42H64N2O. The highest BCUT2D eigenvalue weighted by molar-refractivity contribution is 5.84. The molecule has 4 saturated carbocycles. The third-order valence-electron chi connectivity index (χ3n) is 15.9. The molecule has 3 heteroatoms. The van der Waals surface area contributed by atoms with Crippen molar-refractivity contribution in [1.29, 1.82) is 0 Å². The first-order valence-corrected chi connectivity index (χ1v) is 19.3. The first-order chi connectivity index (χ1) is 21.5. The molecule has 9 atom stereocenters. The topological polar surface area (TPSA) is 23.6 Å². The third kappa shape index (κ3) is 4.77. The summed E-state index contributed by atoms with van der Waals surface area (Å²) in [5.74, 6) is 4.29. The zero-order valence-corrected chi connectivity index (χ0v) is 30.0. The van der Waals surface area contributed by atoms with Crippen LogP contribution in [0.25, 0.3) is 5.57 Å². The molecule has 9 unspecified atom stereocenters. The Bertz CT molecular complexity index is 1290. The number of hydrogen-bond donors (Lipinski definition) is 0. The van der Waals surface area contributed by atoms with Crippen molar-refractivity contribution in [3.8, 4) is 0 Å². The monoisotopic (exact) mass is 613 g/mol. The van der Waals surface area contributed by atoms with E-state index < -0.39 is 0 Å². The molecule has 0 radical (unpaired) electrons. The van der Waals surface area contributed by atoms with Gasteiger partial charge in [-0.05, 0) is 148 Å². The van der Waals surface area contributed by atoms with E-state index in [-0.39, 0.29) is 10.8 Å². The lowest BCUT2D eigenvalue weighted by Crippen LogP contribution is -2.62. The van der Waals surface area contributed by atoms with Crippen LogP contribution < -0.4 is 0 Å². The minimum absolute atomic E-state index is 0.0597. The van der Waals surface area contributed by atoms with Crippen LogP contribution in [0.1, 0.15) is 130 Å². The summed E-state index contributed by atoms with van der Waals surface area (Å²) in [6.45, 7) is 21.6. The SMILES string of the molecule is CCN(CC)CC1CCCN1C(=O)C12CCCC1C1CCC3C(C)(CCC4C(C)(C)C(c5ccc(C)cc5)=CCC43C)C1CC2. The Balaban J connectivity index is 1.14. The molecule has 1 amide bonds. The number of aryl methyl sites for hydroxylation is 1. The summed E-state index contributed by atoms with van der Waals surface area (Å²) in [4.78, 5) is 19.7. The highest BCUT2D eigenvalue weighted by Crippen LogP contribution is 2.73. The highest BCUT2D eigenvalue weighted by Gasteiger charge is 2.67. The second-order valence-electron chi connectivity index (χ2n) is 17.9. The number of benzene rings is 1. The zero-order chi connectivity index (χ0) is 31.8. The van der Waals surface area contributed by atoms with E-state index in [0.717, 1.165) is 62.7 Å².